The molecule has 27 heavy (non-hydrogen) atoms. The fourth-order valence-corrected chi connectivity index (χ4v) is 3.68. The van der Waals surface area contributed by atoms with Crippen molar-refractivity contribution in [2.75, 3.05) is 40.0 Å². The summed E-state index contributed by atoms with van der Waals surface area (Å²) in [5.74, 6) is -1.30. The van der Waals surface area contributed by atoms with Crippen molar-refractivity contribution in [3.05, 3.63) is 58.6 Å². The Morgan fingerprint density at radius 3 is 2.74 bits per heavy atom. The van der Waals surface area contributed by atoms with Gasteiger partial charge in [0.15, 0.2) is 0 Å². The van der Waals surface area contributed by atoms with Crippen LogP contribution in [0.5, 0.6) is 0 Å². The molecule has 0 amide bonds. The number of hydrogen-bond donors (Lipinski definition) is 1. The van der Waals surface area contributed by atoms with Crippen LogP contribution in [0, 0.1) is 5.82 Å². The zero-order chi connectivity index (χ0) is 19.4. The monoisotopic (exact) mass is 376 g/mol. The number of hydrogen-bond acceptors (Lipinski definition) is 5. The number of benzene rings is 1. The van der Waals surface area contributed by atoms with Crippen molar-refractivity contribution in [1.29, 1.82) is 0 Å². The summed E-state index contributed by atoms with van der Waals surface area (Å²) in [6.45, 7) is 5.13. The first-order valence-corrected chi connectivity index (χ1v) is 8.98. The molecule has 0 spiro atoms. The number of rotatable bonds is 6. The average Bonchev–Trinajstić information content (AvgIpc) is 2.64. The predicted octanol–water partition coefficient (Wildman–Crippen LogP) is 2.23. The van der Waals surface area contributed by atoms with Crippen molar-refractivity contribution in [2.45, 2.75) is 19.6 Å². The molecular weight excluding hydrogens is 351 g/mol. The SMILES string of the molecule is COCC1=C(C(=O)O)C(C)=CC(N2CCOCC2)N1Cc1cccc(F)c1. The fourth-order valence-electron chi connectivity index (χ4n) is 3.68. The Morgan fingerprint density at radius 1 is 1.37 bits per heavy atom. The lowest BCUT2D eigenvalue weighted by Crippen LogP contribution is -2.53. The third-order valence-corrected chi connectivity index (χ3v) is 4.90. The molecule has 7 heteroatoms. The summed E-state index contributed by atoms with van der Waals surface area (Å²) in [7, 11) is 1.55. The predicted molar refractivity (Wildman–Crippen MR) is 98.4 cm³/mol. The van der Waals surface area contributed by atoms with E-state index in [0.29, 0.717) is 31.0 Å². The molecule has 1 saturated heterocycles. The number of carbonyl (C=O) groups is 1. The quantitative estimate of drug-likeness (QED) is 0.822. The third-order valence-electron chi connectivity index (χ3n) is 4.90. The summed E-state index contributed by atoms with van der Waals surface area (Å²) in [6, 6.07) is 6.39. The van der Waals surface area contributed by atoms with Crippen molar-refractivity contribution in [3.8, 4) is 0 Å². The minimum absolute atomic E-state index is 0.134. The van der Waals surface area contributed by atoms with Crippen LogP contribution >= 0.6 is 0 Å². The van der Waals surface area contributed by atoms with Gasteiger partial charge >= 0.3 is 5.97 Å². The number of aliphatic carboxylic acids is 1. The third kappa shape index (κ3) is 4.37. The molecule has 2 aliphatic rings. The number of nitrogens with zero attached hydrogens (tertiary/aromatic N) is 2. The Kier molecular flexibility index (Phi) is 6.26. The maximum absolute atomic E-state index is 13.7. The summed E-state index contributed by atoms with van der Waals surface area (Å²) in [5, 5.41) is 9.76. The Bertz CT molecular complexity index is 756. The van der Waals surface area contributed by atoms with E-state index >= 15 is 0 Å². The molecule has 1 atom stereocenters. The normalized spacial score (nSPS) is 21.4. The van der Waals surface area contributed by atoms with Crippen molar-refractivity contribution >= 4 is 5.97 Å². The van der Waals surface area contributed by atoms with Gasteiger partial charge in [0.2, 0.25) is 0 Å². The van der Waals surface area contributed by atoms with Crippen LogP contribution in [0.4, 0.5) is 4.39 Å². The molecule has 0 radical (unpaired) electrons. The van der Waals surface area contributed by atoms with E-state index in [9.17, 15) is 14.3 Å². The molecule has 1 aromatic carbocycles. The van der Waals surface area contributed by atoms with Gasteiger partial charge in [-0.3, -0.25) is 4.90 Å². The molecule has 3 rings (SSSR count). The first-order valence-electron chi connectivity index (χ1n) is 8.98. The Morgan fingerprint density at radius 2 is 2.11 bits per heavy atom. The van der Waals surface area contributed by atoms with Crippen molar-refractivity contribution in [2.24, 2.45) is 0 Å². The molecule has 0 aliphatic carbocycles. The van der Waals surface area contributed by atoms with Gasteiger partial charge in [-0.15, -0.1) is 0 Å². The summed E-state index contributed by atoms with van der Waals surface area (Å²) in [5.41, 5.74) is 2.34. The van der Waals surface area contributed by atoms with E-state index in [1.807, 2.05) is 24.0 Å². The molecule has 1 aromatic rings. The van der Waals surface area contributed by atoms with Gasteiger partial charge in [-0.1, -0.05) is 12.1 Å². The Balaban J connectivity index is 2.02. The topological polar surface area (TPSA) is 62.2 Å². The molecular formula is C20H25FN2O4. The molecule has 0 bridgehead atoms. The second kappa shape index (κ2) is 8.65. The lowest BCUT2D eigenvalue weighted by Gasteiger charge is -2.45. The zero-order valence-electron chi connectivity index (χ0n) is 15.7. The number of carboxylic acids is 1. The van der Waals surface area contributed by atoms with E-state index in [2.05, 4.69) is 4.90 Å². The second-order valence-electron chi connectivity index (χ2n) is 6.73. The van der Waals surface area contributed by atoms with E-state index < -0.39 is 5.97 Å². The lowest BCUT2D eigenvalue weighted by molar-refractivity contribution is -0.132. The maximum atomic E-state index is 13.7. The minimum Gasteiger partial charge on any atom is -0.478 e. The van der Waals surface area contributed by atoms with Crippen LogP contribution < -0.4 is 0 Å². The van der Waals surface area contributed by atoms with E-state index in [4.69, 9.17) is 9.47 Å². The molecule has 1 fully saturated rings. The number of ether oxygens (including phenoxy) is 2. The number of methoxy groups -OCH3 is 1. The molecule has 2 heterocycles. The molecule has 2 aliphatic heterocycles. The van der Waals surface area contributed by atoms with Gasteiger partial charge < -0.3 is 19.5 Å². The number of halogens is 1. The van der Waals surface area contributed by atoms with Gasteiger partial charge in [-0.05, 0) is 36.3 Å². The van der Waals surface area contributed by atoms with Gasteiger partial charge in [0, 0.05) is 26.7 Å². The smallest absolute Gasteiger partial charge is 0.337 e. The van der Waals surface area contributed by atoms with Crippen LogP contribution in [-0.2, 0) is 20.8 Å². The second-order valence-corrected chi connectivity index (χ2v) is 6.73. The molecule has 0 aromatic heterocycles. The van der Waals surface area contributed by atoms with Crippen LogP contribution in [0.3, 0.4) is 0 Å². The van der Waals surface area contributed by atoms with Gasteiger partial charge in [0.25, 0.3) is 0 Å². The summed E-state index contributed by atoms with van der Waals surface area (Å²) >= 11 is 0. The van der Waals surface area contributed by atoms with Gasteiger partial charge in [0.1, 0.15) is 12.0 Å². The van der Waals surface area contributed by atoms with E-state index in [1.54, 1.807) is 13.2 Å². The number of carboxylic acid groups (broad SMARTS) is 1. The van der Waals surface area contributed by atoms with Crippen LogP contribution in [0.15, 0.2) is 47.2 Å². The fraction of sp³-hybridized carbons (Fsp3) is 0.450. The van der Waals surface area contributed by atoms with Crippen LogP contribution in [0.25, 0.3) is 0 Å². The van der Waals surface area contributed by atoms with E-state index in [0.717, 1.165) is 18.7 Å². The highest BCUT2D eigenvalue weighted by Crippen LogP contribution is 2.31. The average molecular weight is 376 g/mol. The minimum atomic E-state index is -0.986. The Labute approximate surface area is 158 Å². The largest absolute Gasteiger partial charge is 0.478 e. The highest BCUT2D eigenvalue weighted by molar-refractivity contribution is 5.93. The van der Waals surface area contributed by atoms with Gasteiger partial charge in [-0.25, -0.2) is 9.18 Å². The summed E-state index contributed by atoms with van der Waals surface area (Å²) in [6.07, 6.45) is 1.83. The van der Waals surface area contributed by atoms with E-state index in [1.165, 1.54) is 12.1 Å². The lowest BCUT2D eigenvalue weighted by atomic mass is 9.97. The molecule has 6 nitrogen and oxygen atoms in total. The molecule has 1 N–H and O–H groups in total. The first kappa shape index (κ1) is 19.5. The van der Waals surface area contributed by atoms with Crippen molar-refractivity contribution < 1.29 is 23.8 Å². The van der Waals surface area contributed by atoms with Crippen molar-refractivity contribution in [3.63, 3.8) is 0 Å². The van der Waals surface area contributed by atoms with Crippen molar-refractivity contribution in [1.82, 2.24) is 9.80 Å². The standard InChI is InChI=1S/C20H25FN2O4/c1-14-10-18(22-6-8-27-9-7-22)23(12-15-4-3-5-16(21)11-15)17(13-26-2)19(14)20(24)25/h3-5,10-11,18H,6-9,12-13H2,1-2H3,(H,24,25). The highest BCUT2D eigenvalue weighted by Gasteiger charge is 2.34. The number of morpholine rings is 1. The Hall–Kier alpha value is -2.22. The molecule has 0 saturated carbocycles. The summed E-state index contributed by atoms with van der Waals surface area (Å²) < 4.78 is 24.5. The maximum Gasteiger partial charge on any atom is 0.337 e. The highest BCUT2D eigenvalue weighted by atomic mass is 19.1. The van der Waals surface area contributed by atoms with Crippen LogP contribution in [0.2, 0.25) is 0 Å². The van der Waals surface area contributed by atoms with Gasteiger partial charge in [0.05, 0.1) is 31.1 Å². The molecule has 1 unspecified atom stereocenters. The summed E-state index contributed by atoms with van der Waals surface area (Å²) in [4.78, 5) is 16.2. The zero-order valence-corrected chi connectivity index (χ0v) is 15.7. The van der Waals surface area contributed by atoms with Gasteiger partial charge in [-0.2, -0.15) is 0 Å². The van der Waals surface area contributed by atoms with Crippen LogP contribution in [0.1, 0.15) is 12.5 Å². The van der Waals surface area contributed by atoms with E-state index in [-0.39, 0.29) is 24.2 Å². The van der Waals surface area contributed by atoms with Crippen LogP contribution in [-0.4, -0.2) is 67.1 Å². The molecule has 146 valence electrons. The first-order chi connectivity index (χ1) is 13.0.